The van der Waals surface area contributed by atoms with E-state index >= 15 is 0 Å². The molecule has 0 aliphatic heterocycles. The Morgan fingerprint density at radius 3 is 2.50 bits per heavy atom. The largest absolute Gasteiger partial charge is 0.325 e. The van der Waals surface area contributed by atoms with Crippen molar-refractivity contribution in [2.45, 2.75) is 6.92 Å². The number of rotatable bonds is 0. The van der Waals surface area contributed by atoms with Gasteiger partial charge in [-0.2, -0.15) is 0 Å². The quantitative estimate of drug-likeness (QED) is 0.704. The molecular weight excluding hydrogens is 356 g/mol. The highest BCUT2D eigenvalue weighted by molar-refractivity contribution is 14.1. The van der Waals surface area contributed by atoms with Gasteiger partial charge in [0.25, 0.3) is 5.56 Å². The second kappa shape index (κ2) is 3.21. The highest BCUT2D eigenvalue weighted by Crippen LogP contribution is 2.08. The van der Waals surface area contributed by atoms with Crippen LogP contribution in [0.2, 0.25) is 0 Å². The topological polar surface area (TPSA) is 32.9 Å². The fourth-order valence-electron chi connectivity index (χ4n) is 0.575. The molecule has 0 aromatic carbocycles. The smallest absolute Gasteiger partial charge is 0.261 e. The maximum atomic E-state index is 10.9. The number of pyridine rings is 1. The first kappa shape index (κ1) is 8.51. The number of nitrogens with one attached hydrogen (secondary N) is 1. The lowest BCUT2D eigenvalue weighted by Crippen LogP contribution is -2.11. The van der Waals surface area contributed by atoms with Crippen LogP contribution < -0.4 is 5.56 Å². The van der Waals surface area contributed by atoms with Crippen LogP contribution in [0.15, 0.2) is 10.9 Å². The third kappa shape index (κ3) is 1.71. The van der Waals surface area contributed by atoms with Gasteiger partial charge in [-0.3, -0.25) is 4.79 Å². The fourth-order valence-corrected chi connectivity index (χ4v) is 2.06. The highest BCUT2D eigenvalue weighted by Gasteiger charge is 1.98. The first-order chi connectivity index (χ1) is 4.61. The molecule has 0 saturated carbocycles. The Morgan fingerprint density at radius 2 is 2.00 bits per heavy atom. The Balaban J connectivity index is 3.43. The van der Waals surface area contributed by atoms with E-state index in [0.717, 1.165) is 12.8 Å². The lowest BCUT2D eigenvalue weighted by atomic mass is 10.4. The minimum absolute atomic E-state index is 0.00137. The van der Waals surface area contributed by atoms with Gasteiger partial charge in [-0.15, -0.1) is 0 Å². The molecule has 1 aromatic heterocycles. The number of aryl methyl sites for hydroxylation is 1. The minimum Gasteiger partial charge on any atom is -0.325 e. The van der Waals surface area contributed by atoms with E-state index < -0.39 is 0 Å². The first-order valence-corrected chi connectivity index (χ1v) is 4.82. The standard InChI is InChI=1S/C6H5I2NO/c1-3-4(7)2-5(8)6(10)9-3/h2H,1H3,(H,9,10). The number of aromatic amines is 1. The number of H-pyrrole nitrogens is 1. The molecule has 0 saturated heterocycles. The van der Waals surface area contributed by atoms with Gasteiger partial charge >= 0.3 is 0 Å². The number of halogens is 2. The second-order valence-electron chi connectivity index (χ2n) is 1.92. The molecule has 10 heavy (non-hydrogen) atoms. The molecule has 2 nitrogen and oxygen atoms in total. The van der Waals surface area contributed by atoms with Gasteiger partial charge in [0.2, 0.25) is 0 Å². The summed E-state index contributed by atoms with van der Waals surface area (Å²) < 4.78 is 1.84. The Labute approximate surface area is 85.7 Å². The summed E-state index contributed by atoms with van der Waals surface area (Å²) in [5, 5.41) is 0. The maximum Gasteiger partial charge on any atom is 0.261 e. The lowest BCUT2D eigenvalue weighted by molar-refractivity contribution is 1.11. The van der Waals surface area contributed by atoms with Gasteiger partial charge in [0.15, 0.2) is 0 Å². The van der Waals surface area contributed by atoms with Crippen LogP contribution >= 0.6 is 45.2 Å². The van der Waals surface area contributed by atoms with Gasteiger partial charge < -0.3 is 4.98 Å². The zero-order valence-corrected chi connectivity index (χ0v) is 9.56. The molecule has 0 fully saturated rings. The summed E-state index contributed by atoms with van der Waals surface area (Å²) in [7, 11) is 0. The molecule has 0 spiro atoms. The minimum atomic E-state index is -0.00137. The molecule has 1 N–H and O–H groups in total. The maximum absolute atomic E-state index is 10.9. The van der Waals surface area contributed by atoms with Crippen LogP contribution in [0.4, 0.5) is 0 Å². The second-order valence-corrected chi connectivity index (χ2v) is 4.24. The Kier molecular flexibility index (Phi) is 2.73. The van der Waals surface area contributed by atoms with E-state index in [2.05, 4.69) is 27.6 Å². The van der Waals surface area contributed by atoms with Crippen molar-refractivity contribution in [1.82, 2.24) is 4.98 Å². The van der Waals surface area contributed by atoms with Gasteiger partial charge in [0.05, 0.1) is 3.57 Å². The fraction of sp³-hybridized carbons (Fsp3) is 0.167. The summed E-state index contributed by atoms with van der Waals surface area (Å²) in [6.07, 6.45) is 0. The molecule has 0 unspecified atom stereocenters. The third-order valence-electron chi connectivity index (χ3n) is 1.13. The summed E-state index contributed by atoms with van der Waals surface area (Å²) in [6.45, 7) is 1.89. The Morgan fingerprint density at radius 1 is 1.40 bits per heavy atom. The van der Waals surface area contributed by atoms with Crippen LogP contribution in [0.3, 0.4) is 0 Å². The van der Waals surface area contributed by atoms with Gasteiger partial charge in [0, 0.05) is 9.26 Å². The van der Waals surface area contributed by atoms with Crippen molar-refractivity contribution in [3.8, 4) is 0 Å². The molecule has 1 heterocycles. The van der Waals surface area contributed by atoms with E-state index in [1.54, 1.807) is 0 Å². The molecular formula is C6H5I2NO. The van der Waals surface area contributed by atoms with E-state index in [9.17, 15) is 4.79 Å². The molecule has 4 heteroatoms. The van der Waals surface area contributed by atoms with Crippen molar-refractivity contribution in [1.29, 1.82) is 0 Å². The van der Waals surface area contributed by atoms with Crippen LogP contribution in [0.1, 0.15) is 5.69 Å². The van der Waals surface area contributed by atoms with Crippen molar-refractivity contribution >= 4 is 45.2 Å². The van der Waals surface area contributed by atoms with Crippen LogP contribution in [0.25, 0.3) is 0 Å². The molecule has 0 radical (unpaired) electrons. The van der Waals surface area contributed by atoms with E-state index in [1.807, 2.05) is 35.6 Å². The van der Waals surface area contributed by atoms with Gasteiger partial charge in [0.1, 0.15) is 0 Å². The molecule has 0 aliphatic rings. The number of hydrogen-bond donors (Lipinski definition) is 1. The molecule has 0 aliphatic carbocycles. The molecule has 0 atom stereocenters. The van der Waals surface area contributed by atoms with Crippen molar-refractivity contribution in [2.75, 3.05) is 0 Å². The van der Waals surface area contributed by atoms with E-state index in [-0.39, 0.29) is 5.56 Å². The number of hydrogen-bond acceptors (Lipinski definition) is 1. The van der Waals surface area contributed by atoms with Crippen molar-refractivity contribution < 1.29 is 0 Å². The molecule has 0 amide bonds. The monoisotopic (exact) mass is 361 g/mol. The van der Waals surface area contributed by atoms with Crippen molar-refractivity contribution in [3.05, 3.63) is 29.3 Å². The van der Waals surface area contributed by atoms with E-state index in [0.29, 0.717) is 0 Å². The van der Waals surface area contributed by atoms with Crippen LogP contribution in [-0.4, -0.2) is 4.98 Å². The van der Waals surface area contributed by atoms with Gasteiger partial charge in [-0.25, -0.2) is 0 Å². The summed E-state index contributed by atoms with van der Waals surface area (Å²) in [6, 6.07) is 1.87. The molecule has 54 valence electrons. The summed E-state index contributed by atoms with van der Waals surface area (Å²) in [5.41, 5.74) is 0.935. The van der Waals surface area contributed by atoms with Gasteiger partial charge in [-0.05, 0) is 58.2 Å². The SMILES string of the molecule is Cc1[nH]c(=O)c(I)cc1I. The zero-order valence-electron chi connectivity index (χ0n) is 5.24. The van der Waals surface area contributed by atoms with E-state index in [4.69, 9.17) is 0 Å². The van der Waals surface area contributed by atoms with Gasteiger partial charge in [-0.1, -0.05) is 0 Å². The normalized spacial score (nSPS) is 9.90. The third-order valence-corrected chi connectivity index (χ3v) is 3.05. The van der Waals surface area contributed by atoms with Crippen molar-refractivity contribution in [2.24, 2.45) is 0 Å². The Hall–Kier alpha value is 0.410. The molecule has 1 aromatic rings. The highest BCUT2D eigenvalue weighted by atomic mass is 127. The van der Waals surface area contributed by atoms with Crippen LogP contribution in [-0.2, 0) is 0 Å². The predicted octanol–water partition coefficient (Wildman–Crippen LogP) is 1.89. The average molecular weight is 361 g/mol. The summed E-state index contributed by atoms with van der Waals surface area (Å²) in [4.78, 5) is 13.7. The van der Waals surface area contributed by atoms with Crippen molar-refractivity contribution in [3.63, 3.8) is 0 Å². The molecule has 0 bridgehead atoms. The zero-order chi connectivity index (χ0) is 7.72. The summed E-state index contributed by atoms with van der Waals surface area (Å²) >= 11 is 4.21. The first-order valence-electron chi connectivity index (χ1n) is 2.66. The lowest BCUT2D eigenvalue weighted by Gasteiger charge is -1.96. The number of aromatic nitrogens is 1. The Bertz CT molecular complexity index is 305. The van der Waals surface area contributed by atoms with E-state index in [1.165, 1.54) is 0 Å². The van der Waals surface area contributed by atoms with Crippen LogP contribution in [0, 0.1) is 14.1 Å². The van der Waals surface area contributed by atoms with Crippen LogP contribution in [0.5, 0.6) is 0 Å². The molecule has 1 rings (SSSR count). The summed E-state index contributed by atoms with van der Waals surface area (Å²) in [5.74, 6) is 0. The predicted molar refractivity (Wildman–Crippen MR) is 57.2 cm³/mol. The average Bonchev–Trinajstić information content (AvgIpc) is 1.84.